The summed E-state index contributed by atoms with van der Waals surface area (Å²) < 4.78 is 7.72. The van der Waals surface area contributed by atoms with Gasteiger partial charge >= 0.3 is 0 Å². The first-order valence-corrected chi connectivity index (χ1v) is 12.8. The molecular weight excluding hydrogens is 438 g/mol. The van der Waals surface area contributed by atoms with Crippen LogP contribution >= 0.6 is 0 Å². The third kappa shape index (κ3) is 5.23. The van der Waals surface area contributed by atoms with Crippen LogP contribution in [0.4, 0.5) is 5.69 Å². The van der Waals surface area contributed by atoms with Crippen LogP contribution in [-0.2, 0) is 4.74 Å². The van der Waals surface area contributed by atoms with E-state index in [1.807, 2.05) is 36.4 Å². The second-order valence-electron chi connectivity index (χ2n) is 11.2. The monoisotopic (exact) mass is 477 g/mol. The van der Waals surface area contributed by atoms with Gasteiger partial charge in [0.1, 0.15) is 0 Å². The summed E-state index contributed by atoms with van der Waals surface area (Å²) in [5.41, 5.74) is 5.75. The highest BCUT2D eigenvalue weighted by atomic mass is 16.6. The molecule has 1 N–H and O–H groups in total. The first kappa shape index (κ1) is 24.3. The number of aliphatic hydroxyl groups is 1. The molecule has 0 amide bonds. The zero-order valence-electron chi connectivity index (χ0n) is 21.7. The minimum atomic E-state index is -0.870. The second-order valence-corrected chi connectivity index (χ2v) is 11.2. The summed E-state index contributed by atoms with van der Waals surface area (Å²) in [5, 5.41) is 15.0. The van der Waals surface area contributed by atoms with Gasteiger partial charge in [0.25, 0.3) is 0 Å². The molecule has 7 nitrogen and oxygen atoms in total. The third-order valence-corrected chi connectivity index (χ3v) is 7.27. The van der Waals surface area contributed by atoms with Crippen LogP contribution < -0.4 is 4.90 Å². The molecule has 4 heterocycles. The number of nitrogens with zero attached hydrogens (tertiary/aromatic N) is 5. The van der Waals surface area contributed by atoms with E-state index in [-0.39, 0.29) is 5.60 Å². The number of piperazine rings is 1. The van der Waals surface area contributed by atoms with Gasteiger partial charge in [-0.15, -0.1) is 0 Å². The molecule has 0 spiro atoms. The lowest BCUT2D eigenvalue weighted by Gasteiger charge is -2.42. The fraction of sp³-hybridized carbons (Fsp3) is 0.536. The predicted octanol–water partition coefficient (Wildman–Crippen LogP) is 4.02. The van der Waals surface area contributed by atoms with Crippen molar-refractivity contribution in [3.05, 3.63) is 54.4 Å². The number of anilines is 1. The molecule has 188 valence electrons. The zero-order chi connectivity index (χ0) is 24.7. The summed E-state index contributed by atoms with van der Waals surface area (Å²) in [4.78, 5) is 6.89. The van der Waals surface area contributed by atoms with E-state index < -0.39 is 6.41 Å². The standard InChI is InChI=1S/C28H39N5O2/c1-20(2)32-17-24(18-32)22-8-6-21(7-9-22)23-16-26-25(10-11-29-33(26)19-23)30-12-14-31(15-13-30)27(34)35-28(3,4)5/h6-11,16,19-20,24,27,34H,12-15,17-18H2,1-5H3. The normalized spacial score (nSPS) is 19.5. The molecule has 1 atom stereocenters. The van der Waals surface area contributed by atoms with Crippen molar-refractivity contribution in [1.29, 1.82) is 0 Å². The highest BCUT2D eigenvalue weighted by Crippen LogP contribution is 2.32. The van der Waals surface area contributed by atoms with Gasteiger partial charge in [-0.05, 0) is 57.9 Å². The van der Waals surface area contributed by atoms with Crippen LogP contribution in [0.15, 0.2) is 48.8 Å². The van der Waals surface area contributed by atoms with Crippen molar-refractivity contribution in [3.8, 4) is 11.1 Å². The zero-order valence-corrected chi connectivity index (χ0v) is 21.7. The number of fused-ring (bicyclic) bond motifs is 1. The van der Waals surface area contributed by atoms with E-state index in [1.165, 1.54) is 22.4 Å². The maximum atomic E-state index is 10.4. The molecule has 35 heavy (non-hydrogen) atoms. The van der Waals surface area contributed by atoms with Gasteiger partial charge in [0.05, 0.1) is 16.8 Å². The van der Waals surface area contributed by atoms with Gasteiger partial charge in [-0.1, -0.05) is 24.3 Å². The number of aliphatic hydroxyl groups excluding tert-OH is 1. The lowest BCUT2D eigenvalue weighted by Crippen LogP contribution is -2.52. The Bertz CT molecular complexity index is 1140. The fourth-order valence-corrected chi connectivity index (χ4v) is 5.09. The molecule has 2 aliphatic rings. The Kier molecular flexibility index (Phi) is 6.61. The van der Waals surface area contributed by atoms with Gasteiger partial charge < -0.3 is 14.7 Å². The van der Waals surface area contributed by atoms with Gasteiger partial charge in [0.2, 0.25) is 6.41 Å². The van der Waals surface area contributed by atoms with E-state index in [2.05, 4.69) is 71.3 Å². The van der Waals surface area contributed by atoms with Crippen molar-refractivity contribution in [2.24, 2.45) is 0 Å². The molecule has 2 aromatic heterocycles. The average Bonchev–Trinajstić information content (AvgIpc) is 3.22. The number of hydrogen-bond acceptors (Lipinski definition) is 6. The van der Waals surface area contributed by atoms with Crippen molar-refractivity contribution in [3.63, 3.8) is 0 Å². The largest absolute Gasteiger partial charge is 0.367 e. The maximum absolute atomic E-state index is 10.4. The Hall–Kier alpha value is -2.45. The van der Waals surface area contributed by atoms with Crippen LogP contribution in [-0.4, -0.2) is 81.8 Å². The number of rotatable bonds is 6. The van der Waals surface area contributed by atoms with Crippen molar-refractivity contribution in [2.75, 3.05) is 44.2 Å². The summed E-state index contributed by atoms with van der Waals surface area (Å²) in [6, 6.07) is 14.0. The van der Waals surface area contributed by atoms with Gasteiger partial charge in [0, 0.05) is 69.2 Å². The van der Waals surface area contributed by atoms with Crippen molar-refractivity contribution in [2.45, 2.75) is 58.6 Å². The lowest BCUT2D eigenvalue weighted by molar-refractivity contribution is -0.239. The number of ether oxygens (including phenoxy) is 1. The van der Waals surface area contributed by atoms with Gasteiger partial charge in [-0.3, -0.25) is 9.80 Å². The molecule has 0 bridgehead atoms. The average molecular weight is 478 g/mol. The summed E-state index contributed by atoms with van der Waals surface area (Å²) in [6.07, 6.45) is 3.12. The number of aromatic nitrogens is 2. The van der Waals surface area contributed by atoms with Crippen LogP contribution in [0, 0.1) is 0 Å². The van der Waals surface area contributed by atoms with Crippen LogP contribution in [0.25, 0.3) is 16.6 Å². The molecular formula is C28H39N5O2. The van der Waals surface area contributed by atoms with Crippen molar-refractivity contribution >= 4 is 11.2 Å². The van der Waals surface area contributed by atoms with Gasteiger partial charge in [-0.2, -0.15) is 5.10 Å². The third-order valence-electron chi connectivity index (χ3n) is 7.27. The minimum absolute atomic E-state index is 0.374. The molecule has 0 saturated carbocycles. The minimum Gasteiger partial charge on any atom is -0.367 e. The van der Waals surface area contributed by atoms with Crippen molar-refractivity contribution < 1.29 is 9.84 Å². The first-order valence-electron chi connectivity index (χ1n) is 12.8. The van der Waals surface area contributed by atoms with Crippen LogP contribution in [0.2, 0.25) is 0 Å². The first-order chi connectivity index (χ1) is 16.7. The molecule has 5 rings (SSSR count). The maximum Gasteiger partial charge on any atom is 0.216 e. The SMILES string of the molecule is CC(C)N1CC(c2ccc(-c3cc4c(N5CCN(C(O)OC(C)(C)C)CC5)ccnn4c3)cc2)C1. The summed E-state index contributed by atoms with van der Waals surface area (Å²) in [7, 11) is 0. The molecule has 1 aromatic carbocycles. The van der Waals surface area contributed by atoms with E-state index in [1.54, 1.807) is 0 Å². The summed E-state index contributed by atoms with van der Waals surface area (Å²) in [5.74, 6) is 0.652. The molecule has 2 fully saturated rings. The second kappa shape index (κ2) is 9.54. The highest BCUT2D eigenvalue weighted by molar-refractivity contribution is 5.80. The Morgan fingerprint density at radius 1 is 0.943 bits per heavy atom. The number of hydrogen-bond donors (Lipinski definition) is 1. The molecule has 2 aliphatic heterocycles. The van der Waals surface area contributed by atoms with Gasteiger partial charge in [0.15, 0.2) is 0 Å². The van der Waals surface area contributed by atoms with E-state index in [4.69, 9.17) is 4.74 Å². The topological polar surface area (TPSA) is 56.5 Å². The smallest absolute Gasteiger partial charge is 0.216 e. The highest BCUT2D eigenvalue weighted by Gasteiger charge is 2.30. The quantitative estimate of drug-likeness (QED) is 0.541. The predicted molar refractivity (Wildman–Crippen MR) is 141 cm³/mol. The van der Waals surface area contributed by atoms with Crippen LogP contribution in [0.5, 0.6) is 0 Å². The summed E-state index contributed by atoms with van der Waals surface area (Å²) in [6.45, 7) is 15.9. The molecule has 0 radical (unpaired) electrons. The van der Waals surface area contributed by atoms with Gasteiger partial charge in [-0.25, -0.2) is 4.52 Å². The Labute approximate surface area is 208 Å². The Morgan fingerprint density at radius 2 is 1.63 bits per heavy atom. The number of benzene rings is 1. The molecule has 2 saturated heterocycles. The molecule has 1 unspecified atom stereocenters. The fourth-order valence-electron chi connectivity index (χ4n) is 5.09. The molecule has 3 aromatic rings. The Balaban J connectivity index is 1.28. The molecule has 7 heteroatoms. The number of likely N-dealkylation sites (tertiary alicyclic amines) is 1. The van der Waals surface area contributed by atoms with E-state index in [0.717, 1.165) is 44.8 Å². The Morgan fingerprint density at radius 3 is 2.26 bits per heavy atom. The lowest BCUT2D eigenvalue weighted by atomic mass is 9.89. The van der Waals surface area contributed by atoms with Crippen molar-refractivity contribution in [1.82, 2.24) is 19.4 Å². The van der Waals surface area contributed by atoms with E-state index >= 15 is 0 Å². The summed E-state index contributed by atoms with van der Waals surface area (Å²) >= 11 is 0. The van der Waals surface area contributed by atoms with E-state index in [9.17, 15) is 5.11 Å². The van der Waals surface area contributed by atoms with E-state index in [0.29, 0.717) is 12.0 Å². The van der Waals surface area contributed by atoms with Crippen LogP contribution in [0.3, 0.4) is 0 Å². The molecule has 0 aliphatic carbocycles. The van der Waals surface area contributed by atoms with Crippen LogP contribution in [0.1, 0.15) is 46.1 Å².